The number of aromatic nitrogens is 1. The monoisotopic (exact) mass is 483 g/mol. The molecular weight excluding hydrogens is 454 g/mol. The van der Waals surface area contributed by atoms with Gasteiger partial charge in [-0.05, 0) is 67.4 Å². The lowest BCUT2D eigenvalue weighted by Crippen LogP contribution is -2.33. The van der Waals surface area contributed by atoms with Gasteiger partial charge in [0, 0.05) is 42.3 Å². The molecule has 3 aromatic carbocycles. The third-order valence-electron chi connectivity index (χ3n) is 6.21. The number of hydrogen-bond donors (Lipinski definition) is 0. The lowest BCUT2D eigenvalue weighted by Gasteiger charge is -2.20. The van der Waals surface area contributed by atoms with E-state index in [4.69, 9.17) is 14.2 Å². The molecule has 36 heavy (non-hydrogen) atoms. The van der Waals surface area contributed by atoms with Gasteiger partial charge >= 0.3 is 6.09 Å². The van der Waals surface area contributed by atoms with E-state index >= 15 is 0 Å². The molecule has 7 nitrogen and oxygen atoms in total. The minimum atomic E-state index is -0.395. The fourth-order valence-corrected chi connectivity index (χ4v) is 4.34. The Morgan fingerprint density at radius 3 is 2.39 bits per heavy atom. The molecule has 7 heteroatoms. The normalized spacial score (nSPS) is 10.6. The maximum absolute atomic E-state index is 12.9. The SMILES string of the molecule is CCN(CC)C(=O)Oc1ccc2c(ccn2Cc2cccc(C#N)c2)c1-c1ccc(OC)c(OC)c1. The van der Waals surface area contributed by atoms with E-state index in [9.17, 15) is 10.1 Å². The zero-order valence-electron chi connectivity index (χ0n) is 20.9. The molecular formula is C29H29N3O4. The number of fused-ring (bicyclic) bond motifs is 1. The lowest BCUT2D eigenvalue weighted by molar-refractivity contribution is 0.157. The summed E-state index contributed by atoms with van der Waals surface area (Å²) in [5.74, 6) is 1.67. The maximum Gasteiger partial charge on any atom is 0.415 e. The van der Waals surface area contributed by atoms with Gasteiger partial charge < -0.3 is 23.7 Å². The highest BCUT2D eigenvalue weighted by molar-refractivity contribution is 6.00. The summed E-state index contributed by atoms with van der Waals surface area (Å²) < 4.78 is 19.0. The third kappa shape index (κ3) is 4.84. The highest BCUT2D eigenvalue weighted by Crippen LogP contribution is 2.41. The van der Waals surface area contributed by atoms with Crippen LogP contribution in [-0.4, -0.2) is 42.9 Å². The van der Waals surface area contributed by atoms with E-state index in [1.165, 1.54) is 0 Å². The zero-order valence-corrected chi connectivity index (χ0v) is 20.9. The standard InChI is InChI=1S/C29H29N3O4/c1-5-31(6-2)29(33)36-26-13-11-24-23(28(26)22-10-12-25(34-3)27(17-22)35-4)14-15-32(24)19-21-9-7-8-20(16-21)18-30/h7-17H,5-6,19H2,1-4H3. The summed E-state index contributed by atoms with van der Waals surface area (Å²) in [5.41, 5.74) is 4.25. The number of nitriles is 1. The van der Waals surface area contributed by atoms with Gasteiger partial charge in [-0.3, -0.25) is 0 Å². The van der Waals surface area contributed by atoms with Crippen LogP contribution in [0.3, 0.4) is 0 Å². The summed E-state index contributed by atoms with van der Waals surface area (Å²) in [4.78, 5) is 14.5. The van der Waals surface area contributed by atoms with Crippen molar-refractivity contribution in [2.24, 2.45) is 0 Å². The number of methoxy groups -OCH3 is 2. The Labute approximate surface area is 211 Å². The number of rotatable bonds is 8. The van der Waals surface area contributed by atoms with Crippen molar-refractivity contribution in [1.29, 1.82) is 5.26 Å². The Hall–Kier alpha value is -4.44. The molecule has 0 atom stereocenters. The van der Waals surface area contributed by atoms with Gasteiger partial charge in [0.25, 0.3) is 0 Å². The molecule has 0 radical (unpaired) electrons. The van der Waals surface area contributed by atoms with Crippen molar-refractivity contribution in [1.82, 2.24) is 9.47 Å². The second kappa shape index (κ2) is 10.9. The van der Waals surface area contributed by atoms with Gasteiger partial charge in [-0.1, -0.05) is 18.2 Å². The molecule has 1 aromatic heterocycles. The van der Waals surface area contributed by atoms with Gasteiger partial charge in [0.1, 0.15) is 5.75 Å². The molecule has 184 valence electrons. The van der Waals surface area contributed by atoms with Crippen molar-refractivity contribution in [3.63, 3.8) is 0 Å². The van der Waals surface area contributed by atoms with Crippen LogP contribution in [0, 0.1) is 11.3 Å². The predicted octanol–water partition coefficient (Wildman–Crippen LogP) is 6.09. The molecule has 0 saturated carbocycles. The molecule has 0 unspecified atom stereocenters. The van der Waals surface area contributed by atoms with Crippen LogP contribution in [0.2, 0.25) is 0 Å². The van der Waals surface area contributed by atoms with E-state index in [1.54, 1.807) is 25.2 Å². The van der Waals surface area contributed by atoms with Crippen LogP contribution >= 0.6 is 0 Å². The first kappa shape index (κ1) is 24.7. The molecule has 0 spiro atoms. The smallest absolute Gasteiger partial charge is 0.415 e. The van der Waals surface area contributed by atoms with Gasteiger partial charge in [-0.15, -0.1) is 0 Å². The van der Waals surface area contributed by atoms with Crippen LogP contribution in [0.25, 0.3) is 22.0 Å². The number of carbonyl (C=O) groups excluding carboxylic acids is 1. The number of hydrogen-bond acceptors (Lipinski definition) is 5. The lowest BCUT2D eigenvalue weighted by atomic mass is 10.00. The maximum atomic E-state index is 12.9. The van der Waals surface area contributed by atoms with Gasteiger partial charge in [-0.25, -0.2) is 4.79 Å². The van der Waals surface area contributed by atoms with Crippen LogP contribution in [-0.2, 0) is 6.54 Å². The molecule has 4 aromatic rings. The van der Waals surface area contributed by atoms with Crippen molar-refractivity contribution < 1.29 is 19.0 Å². The van der Waals surface area contributed by atoms with Crippen LogP contribution < -0.4 is 14.2 Å². The molecule has 1 amide bonds. The first-order chi connectivity index (χ1) is 17.5. The summed E-state index contributed by atoms with van der Waals surface area (Å²) in [6.45, 7) is 5.56. The fraction of sp³-hybridized carbons (Fsp3) is 0.241. The van der Waals surface area contributed by atoms with Crippen molar-refractivity contribution in [2.45, 2.75) is 20.4 Å². The van der Waals surface area contributed by atoms with Gasteiger partial charge in [0.2, 0.25) is 0 Å². The minimum Gasteiger partial charge on any atom is -0.493 e. The Morgan fingerprint density at radius 1 is 0.944 bits per heavy atom. The average Bonchev–Trinajstić information content (AvgIpc) is 3.31. The number of carbonyl (C=O) groups is 1. The van der Waals surface area contributed by atoms with E-state index in [1.807, 2.05) is 74.6 Å². The second-order valence-corrected chi connectivity index (χ2v) is 8.24. The number of benzene rings is 3. The van der Waals surface area contributed by atoms with E-state index < -0.39 is 6.09 Å². The van der Waals surface area contributed by atoms with Gasteiger partial charge in [0.15, 0.2) is 11.5 Å². The summed E-state index contributed by atoms with van der Waals surface area (Å²) >= 11 is 0. The largest absolute Gasteiger partial charge is 0.493 e. The third-order valence-corrected chi connectivity index (χ3v) is 6.21. The van der Waals surface area contributed by atoms with Crippen LogP contribution in [0.15, 0.2) is 66.9 Å². The Kier molecular flexibility index (Phi) is 7.45. The Balaban J connectivity index is 1.85. The Morgan fingerprint density at radius 2 is 1.69 bits per heavy atom. The zero-order chi connectivity index (χ0) is 25.7. The van der Waals surface area contributed by atoms with E-state index in [0.29, 0.717) is 42.4 Å². The molecule has 0 aliphatic carbocycles. The number of amides is 1. The van der Waals surface area contributed by atoms with Gasteiger partial charge in [-0.2, -0.15) is 5.26 Å². The minimum absolute atomic E-state index is 0.395. The molecule has 0 aliphatic rings. The molecule has 0 N–H and O–H groups in total. The number of nitrogens with zero attached hydrogens (tertiary/aromatic N) is 3. The summed E-state index contributed by atoms with van der Waals surface area (Å²) in [6, 6.07) is 21.2. The van der Waals surface area contributed by atoms with Crippen LogP contribution in [0.1, 0.15) is 25.0 Å². The van der Waals surface area contributed by atoms with E-state index in [0.717, 1.165) is 27.6 Å². The summed E-state index contributed by atoms with van der Waals surface area (Å²) in [6.07, 6.45) is 1.61. The van der Waals surface area contributed by atoms with Crippen LogP contribution in [0.4, 0.5) is 4.79 Å². The molecule has 0 bridgehead atoms. The molecule has 4 rings (SSSR count). The molecule has 0 saturated heterocycles. The van der Waals surface area contributed by atoms with E-state index in [-0.39, 0.29) is 0 Å². The predicted molar refractivity (Wildman–Crippen MR) is 140 cm³/mol. The average molecular weight is 484 g/mol. The summed E-state index contributed by atoms with van der Waals surface area (Å²) in [5, 5.41) is 10.2. The van der Waals surface area contributed by atoms with Gasteiger partial charge in [0.05, 0.1) is 25.9 Å². The fourth-order valence-electron chi connectivity index (χ4n) is 4.34. The first-order valence-electron chi connectivity index (χ1n) is 11.8. The van der Waals surface area contributed by atoms with Crippen molar-refractivity contribution in [2.75, 3.05) is 27.3 Å². The number of ether oxygens (including phenoxy) is 3. The van der Waals surface area contributed by atoms with Crippen molar-refractivity contribution in [3.05, 3.63) is 78.0 Å². The van der Waals surface area contributed by atoms with Crippen LogP contribution in [0.5, 0.6) is 17.2 Å². The quantitative estimate of drug-likeness (QED) is 0.303. The molecule has 0 aliphatic heterocycles. The van der Waals surface area contributed by atoms with Crippen molar-refractivity contribution >= 4 is 17.0 Å². The highest BCUT2D eigenvalue weighted by Gasteiger charge is 2.20. The van der Waals surface area contributed by atoms with Crippen molar-refractivity contribution in [3.8, 4) is 34.4 Å². The highest BCUT2D eigenvalue weighted by atomic mass is 16.6. The van der Waals surface area contributed by atoms with E-state index in [2.05, 4.69) is 10.6 Å². The molecule has 0 fully saturated rings. The second-order valence-electron chi connectivity index (χ2n) is 8.24. The summed E-state index contributed by atoms with van der Waals surface area (Å²) in [7, 11) is 3.19. The Bertz CT molecular complexity index is 1430. The molecule has 1 heterocycles. The topological polar surface area (TPSA) is 76.7 Å². The first-order valence-corrected chi connectivity index (χ1v) is 11.8.